The summed E-state index contributed by atoms with van der Waals surface area (Å²) < 4.78 is 5.60. The van der Waals surface area contributed by atoms with Gasteiger partial charge in [-0.25, -0.2) is 0 Å². The number of hydrogen-bond acceptors (Lipinski definition) is 3. The van der Waals surface area contributed by atoms with Gasteiger partial charge in [-0.3, -0.25) is 9.59 Å². The number of ketones is 2. The molecule has 0 fully saturated rings. The summed E-state index contributed by atoms with van der Waals surface area (Å²) in [6, 6.07) is 17.7. The second-order valence-electron chi connectivity index (χ2n) is 5.64. The molecule has 118 valence electrons. The van der Waals surface area contributed by atoms with Crippen molar-refractivity contribution < 1.29 is 14.3 Å². The molecule has 0 bridgehead atoms. The molecule has 0 saturated heterocycles. The van der Waals surface area contributed by atoms with Crippen LogP contribution in [0.2, 0.25) is 0 Å². The van der Waals surface area contributed by atoms with Gasteiger partial charge in [-0.2, -0.15) is 0 Å². The second-order valence-corrected chi connectivity index (χ2v) is 5.64. The quantitative estimate of drug-likeness (QED) is 0.435. The van der Waals surface area contributed by atoms with Crippen LogP contribution >= 0.6 is 0 Å². The van der Waals surface area contributed by atoms with Crippen LogP contribution in [0.3, 0.4) is 0 Å². The van der Waals surface area contributed by atoms with E-state index in [9.17, 15) is 9.59 Å². The van der Waals surface area contributed by atoms with E-state index in [1.165, 1.54) is 6.08 Å². The normalized spacial score (nSPS) is 11.3. The van der Waals surface area contributed by atoms with Gasteiger partial charge in [-0.1, -0.05) is 74.5 Å². The van der Waals surface area contributed by atoms with Crippen LogP contribution in [0.15, 0.2) is 72.5 Å². The highest BCUT2D eigenvalue weighted by Gasteiger charge is 2.16. The summed E-state index contributed by atoms with van der Waals surface area (Å²) in [5.41, 5.74) is 1.03. The van der Waals surface area contributed by atoms with E-state index < -0.39 is 0 Å². The number of allylic oxidation sites excluding steroid dienone is 2. The highest BCUT2D eigenvalue weighted by Crippen LogP contribution is 2.13. The fourth-order valence-corrected chi connectivity index (χ4v) is 1.97. The number of ether oxygens (including phenoxy) is 1. The predicted molar refractivity (Wildman–Crippen MR) is 90.4 cm³/mol. The number of benzene rings is 2. The van der Waals surface area contributed by atoms with Gasteiger partial charge >= 0.3 is 0 Å². The first-order valence-corrected chi connectivity index (χ1v) is 7.61. The Morgan fingerprint density at radius 2 is 1.43 bits per heavy atom. The van der Waals surface area contributed by atoms with Gasteiger partial charge in [0, 0.05) is 17.2 Å². The number of carbonyl (C=O) groups is 2. The minimum absolute atomic E-state index is 0.0822. The summed E-state index contributed by atoms with van der Waals surface area (Å²) in [4.78, 5) is 24.9. The maximum Gasteiger partial charge on any atom is 0.227 e. The van der Waals surface area contributed by atoms with E-state index in [-0.39, 0.29) is 23.2 Å². The molecule has 0 N–H and O–H groups in total. The zero-order valence-corrected chi connectivity index (χ0v) is 13.4. The second kappa shape index (κ2) is 8.08. The third kappa shape index (κ3) is 4.92. The van der Waals surface area contributed by atoms with Gasteiger partial charge in [0.2, 0.25) is 5.78 Å². The number of Topliss-reactive ketones (excluding diaryl/α,β-unsaturated/α-hetero) is 1. The largest absolute Gasteiger partial charge is 0.489 e. The Bertz CT molecular complexity index is 685. The Balaban J connectivity index is 2.28. The molecular formula is C20H20O3. The lowest BCUT2D eigenvalue weighted by Gasteiger charge is -2.11. The molecule has 0 saturated carbocycles. The highest BCUT2D eigenvalue weighted by molar-refractivity contribution is 6.13. The van der Waals surface area contributed by atoms with Crippen LogP contribution in [-0.4, -0.2) is 18.2 Å². The Hall–Kier alpha value is -2.68. The summed E-state index contributed by atoms with van der Waals surface area (Å²) in [5, 5.41) is 0. The molecule has 0 atom stereocenters. The molecule has 0 amide bonds. The SMILES string of the molecule is CC(C)CO/C(=C/C(=O)c1ccccc1)C(=O)c1ccccc1. The molecule has 0 aromatic heterocycles. The number of rotatable bonds is 7. The fourth-order valence-electron chi connectivity index (χ4n) is 1.97. The lowest BCUT2D eigenvalue weighted by Crippen LogP contribution is -2.12. The van der Waals surface area contributed by atoms with E-state index in [0.717, 1.165) is 0 Å². The van der Waals surface area contributed by atoms with E-state index in [4.69, 9.17) is 4.74 Å². The molecule has 2 aromatic rings. The fraction of sp³-hybridized carbons (Fsp3) is 0.200. The first kappa shape index (κ1) is 16.7. The molecule has 3 nitrogen and oxygen atoms in total. The average Bonchev–Trinajstić information content (AvgIpc) is 2.59. The number of carbonyl (C=O) groups excluding carboxylic acids is 2. The van der Waals surface area contributed by atoms with Crippen LogP contribution in [0, 0.1) is 5.92 Å². The van der Waals surface area contributed by atoms with E-state index in [1.807, 2.05) is 26.0 Å². The minimum Gasteiger partial charge on any atom is -0.489 e. The van der Waals surface area contributed by atoms with Crippen LogP contribution in [0.4, 0.5) is 0 Å². The average molecular weight is 308 g/mol. The van der Waals surface area contributed by atoms with Crippen molar-refractivity contribution in [3.05, 3.63) is 83.6 Å². The van der Waals surface area contributed by atoms with Crippen molar-refractivity contribution in [3.8, 4) is 0 Å². The zero-order chi connectivity index (χ0) is 16.7. The summed E-state index contributed by atoms with van der Waals surface area (Å²) >= 11 is 0. The van der Waals surface area contributed by atoms with E-state index in [1.54, 1.807) is 48.5 Å². The summed E-state index contributed by atoms with van der Waals surface area (Å²) in [6.45, 7) is 4.36. The van der Waals surface area contributed by atoms with E-state index >= 15 is 0 Å². The van der Waals surface area contributed by atoms with Gasteiger partial charge in [0.25, 0.3) is 0 Å². The van der Waals surface area contributed by atoms with Crippen LogP contribution in [0.1, 0.15) is 34.6 Å². The molecule has 2 aromatic carbocycles. The van der Waals surface area contributed by atoms with Gasteiger partial charge in [0.1, 0.15) is 0 Å². The molecule has 0 aliphatic carbocycles. The lowest BCUT2D eigenvalue weighted by molar-refractivity contribution is 0.0878. The van der Waals surface area contributed by atoms with Crippen molar-refractivity contribution in [1.29, 1.82) is 0 Å². The monoisotopic (exact) mass is 308 g/mol. The third-order valence-electron chi connectivity index (χ3n) is 3.15. The first-order chi connectivity index (χ1) is 11.1. The van der Waals surface area contributed by atoms with E-state index in [2.05, 4.69) is 0 Å². The van der Waals surface area contributed by atoms with E-state index in [0.29, 0.717) is 17.7 Å². The van der Waals surface area contributed by atoms with Gasteiger partial charge in [0.05, 0.1) is 6.61 Å². The van der Waals surface area contributed by atoms with Crippen molar-refractivity contribution in [2.75, 3.05) is 6.61 Å². The Morgan fingerprint density at radius 3 is 1.96 bits per heavy atom. The molecule has 0 radical (unpaired) electrons. The van der Waals surface area contributed by atoms with Crippen LogP contribution in [0.5, 0.6) is 0 Å². The smallest absolute Gasteiger partial charge is 0.227 e. The van der Waals surface area contributed by atoms with Gasteiger partial charge in [0.15, 0.2) is 11.5 Å². The van der Waals surface area contributed by atoms with Gasteiger partial charge < -0.3 is 4.74 Å². The molecule has 23 heavy (non-hydrogen) atoms. The lowest BCUT2D eigenvalue weighted by atomic mass is 10.1. The maximum atomic E-state index is 12.6. The molecule has 0 spiro atoms. The van der Waals surface area contributed by atoms with Crippen molar-refractivity contribution >= 4 is 11.6 Å². The highest BCUT2D eigenvalue weighted by atomic mass is 16.5. The van der Waals surface area contributed by atoms with Crippen LogP contribution in [0.25, 0.3) is 0 Å². The molecular weight excluding hydrogens is 288 g/mol. The third-order valence-corrected chi connectivity index (χ3v) is 3.15. The minimum atomic E-state index is -0.282. The van der Waals surface area contributed by atoms with Crippen LogP contribution < -0.4 is 0 Å². The molecule has 0 aliphatic heterocycles. The summed E-state index contributed by atoms with van der Waals surface area (Å²) in [5.74, 6) is -0.184. The molecule has 3 heteroatoms. The Kier molecular flexibility index (Phi) is 5.87. The summed E-state index contributed by atoms with van der Waals surface area (Å²) in [7, 11) is 0. The predicted octanol–water partition coefficient (Wildman–Crippen LogP) is 4.31. The first-order valence-electron chi connectivity index (χ1n) is 7.61. The maximum absolute atomic E-state index is 12.6. The standard InChI is InChI=1S/C20H20O3/c1-15(2)14-23-19(20(22)17-11-7-4-8-12-17)13-18(21)16-9-5-3-6-10-16/h3-13,15H,14H2,1-2H3/b19-13+. The Labute approximate surface area is 136 Å². The zero-order valence-electron chi connectivity index (χ0n) is 13.4. The molecule has 0 unspecified atom stereocenters. The van der Waals surface area contributed by atoms with Crippen molar-refractivity contribution in [2.24, 2.45) is 5.92 Å². The van der Waals surface area contributed by atoms with Crippen molar-refractivity contribution in [1.82, 2.24) is 0 Å². The summed E-state index contributed by atoms with van der Waals surface area (Å²) in [6.07, 6.45) is 1.28. The Morgan fingerprint density at radius 1 is 0.913 bits per heavy atom. The van der Waals surface area contributed by atoms with Gasteiger partial charge in [-0.05, 0) is 5.92 Å². The number of hydrogen-bond donors (Lipinski definition) is 0. The molecule has 0 heterocycles. The molecule has 0 aliphatic rings. The van der Waals surface area contributed by atoms with Crippen molar-refractivity contribution in [2.45, 2.75) is 13.8 Å². The van der Waals surface area contributed by atoms with Crippen LogP contribution in [-0.2, 0) is 4.74 Å². The van der Waals surface area contributed by atoms with Crippen molar-refractivity contribution in [3.63, 3.8) is 0 Å². The van der Waals surface area contributed by atoms with Gasteiger partial charge in [-0.15, -0.1) is 0 Å². The topological polar surface area (TPSA) is 43.4 Å². The molecule has 2 rings (SSSR count).